The number of nitrogens with zero attached hydrogens (tertiary/aromatic N) is 1. The Morgan fingerprint density at radius 2 is 1.33 bits per heavy atom. The van der Waals surface area contributed by atoms with E-state index in [2.05, 4.69) is 39.3 Å². The summed E-state index contributed by atoms with van der Waals surface area (Å²) in [7, 11) is -7.71. The number of hydrogen-bond acceptors (Lipinski definition) is 3. The second kappa shape index (κ2) is 8.40. The first-order chi connectivity index (χ1) is 12.4. The molecule has 0 aromatic heterocycles. The first-order valence-electron chi connectivity index (χ1n) is 9.21. The van der Waals surface area contributed by atoms with Crippen molar-refractivity contribution in [3.63, 3.8) is 0 Å². The molecule has 2 rings (SSSR count). The molecule has 0 spiro atoms. The minimum absolute atomic E-state index is 0.335. The van der Waals surface area contributed by atoms with Crippen LogP contribution in [-0.2, 0) is 14.4 Å². The van der Waals surface area contributed by atoms with E-state index in [0.717, 1.165) is 5.56 Å². The van der Waals surface area contributed by atoms with Crippen LogP contribution in [-0.4, -0.2) is 35.5 Å². The van der Waals surface area contributed by atoms with Gasteiger partial charge >= 0.3 is 0 Å². The summed E-state index contributed by atoms with van der Waals surface area (Å²) in [5.74, 6) is 0. The Morgan fingerprint density at radius 3 is 1.78 bits per heavy atom. The van der Waals surface area contributed by atoms with Crippen molar-refractivity contribution >= 4 is 26.6 Å². The molecular weight excluding hydrogens is 390 g/mol. The van der Waals surface area contributed by atoms with Crippen LogP contribution < -0.4 is 0 Å². The summed E-state index contributed by atoms with van der Waals surface area (Å²) in [6, 6.07) is 18.2. The fraction of sp³-hybridized carbons (Fsp3) is 0.400. The Morgan fingerprint density at radius 1 is 0.852 bits per heavy atom. The van der Waals surface area contributed by atoms with E-state index in [4.69, 9.17) is 4.43 Å². The highest BCUT2D eigenvalue weighted by atomic mass is 32.2. The van der Waals surface area contributed by atoms with Gasteiger partial charge in [0.25, 0.3) is 0 Å². The summed E-state index contributed by atoms with van der Waals surface area (Å²) in [5.41, 5.74) is 0.970. The third-order valence-electron chi connectivity index (χ3n) is 4.10. The molecule has 1 atom stereocenters. The summed E-state index contributed by atoms with van der Waals surface area (Å²) >= 11 is 0. The molecule has 0 saturated heterocycles. The van der Waals surface area contributed by atoms with Gasteiger partial charge in [0.05, 0.1) is 17.5 Å². The predicted molar refractivity (Wildman–Crippen MR) is 117 cm³/mol. The summed E-state index contributed by atoms with van der Waals surface area (Å²) in [6.45, 7) is 12.9. The molecule has 0 heterocycles. The molecule has 0 N–H and O–H groups in total. The monoisotopic (exact) mass is 421 g/mol. The fourth-order valence-electron chi connectivity index (χ4n) is 3.01. The first kappa shape index (κ1) is 22.0. The van der Waals surface area contributed by atoms with E-state index < -0.39 is 26.6 Å². The van der Waals surface area contributed by atoms with Gasteiger partial charge in [0.15, 0.2) is 8.32 Å². The van der Waals surface area contributed by atoms with Gasteiger partial charge in [-0.25, -0.2) is 12.4 Å². The molecule has 0 bridgehead atoms. The van der Waals surface area contributed by atoms with Gasteiger partial charge in [-0.2, -0.15) is 0 Å². The lowest BCUT2D eigenvalue weighted by Gasteiger charge is -2.40. The van der Waals surface area contributed by atoms with Gasteiger partial charge in [-0.3, -0.25) is 0 Å². The highest BCUT2D eigenvalue weighted by molar-refractivity contribution is 7.90. The smallest absolute Gasteiger partial charge is 0.237 e. The maximum atomic E-state index is 13.6. The van der Waals surface area contributed by atoms with Gasteiger partial charge in [-0.05, 0) is 37.3 Å². The first-order valence-corrected chi connectivity index (χ1v) is 17.5. The van der Waals surface area contributed by atoms with Crippen LogP contribution in [0.2, 0.25) is 39.3 Å². The lowest BCUT2D eigenvalue weighted by atomic mass is 10.1. The van der Waals surface area contributed by atoms with Gasteiger partial charge in [-0.15, -0.1) is 0 Å². The Hall–Kier alpha value is -1.26. The van der Waals surface area contributed by atoms with Gasteiger partial charge in [0.1, 0.15) is 8.24 Å². The van der Waals surface area contributed by atoms with Gasteiger partial charge < -0.3 is 4.43 Å². The van der Waals surface area contributed by atoms with Crippen molar-refractivity contribution in [2.24, 2.45) is 0 Å². The molecule has 0 fully saturated rings. The Balaban J connectivity index is 2.58. The molecule has 4 nitrogen and oxygen atoms in total. The normalized spacial score (nSPS) is 14.3. The fourth-order valence-corrected chi connectivity index (χ4v) is 9.27. The lowest BCUT2D eigenvalue weighted by molar-refractivity contribution is 0.238. The van der Waals surface area contributed by atoms with Crippen LogP contribution >= 0.6 is 0 Å². The van der Waals surface area contributed by atoms with Crippen LogP contribution in [0.4, 0.5) is 0 Å². The standard InChI is InChI=1S/C20H31NO3SSi2/c1-26(2,3)21(25(22,23)19-15-11-8-12-16-19)20(17-24-27(4,5)6)18-13-9-7-10-14-18/h7-16,20H,17H2,1-6H3. The molecule has 27 heavy (non-hydrogen) atoms. The Kier molecular flexibility index (Phi) is 6.86. The van der Waals surface area contributed by atoms with Crippen molar-refractivity contribution in [3.8, 4) is 0 Å². The second-order valence-corrected chi connectivity index (χ2v) is 20.1. The molecule has 2 aromatic rings. The highest BCUT2D eigenvalue weighted by Gasteiger charge is 2.41. The second-order valence-electron chi connectivity index (χ2n) is 8.63. The van der Waals surface area contributed by atoms with Gasteiger partial charge in [0, 0.05) is 0 Å². The number of hydrogen-bond donors (Lipinski definition) is 0. The summed E-state index contributed by atoms with van der Waals surface area (Å²) in [4.78, 5) is 0.335. The van der Waals surface area contributed by atoms with Crippen LogP contribution in [0, 0.1) is 0 Å². The van der Waals surface area contributed by atoms with E-state index in [-0.39, 0.29) is 6.04 Å². The molecule has 1 unspecified atom stereocenters. The molecule has 0 aliphatic carbocycles. The summed E-state index contributed by atoms with van der Waals surface area (Å²) in [6.07, 6.45) is 0. The van der Waals surface area contributed by atoms with Crippen molar-refractivity contribution < 1.29 is 12.8 Å². The topological polar surface area (TPSA) is 46.6 Å². The SMILES string of the molecule is C[Si](C)(C)OCC(c1ccccc1)N([Si](C)(C)C)S(=O)(=O)c1ccccc1. The molecule has 7 heteroatoms. The van der Waals surface area contributed by atoms with Crippen molar-refractivity contribution in [1.29, 1.82) is 0 Å². The van der Waals surface area contributed by atoms with Crippen LogP contribution in [0.3, 0.4) is 0 Å². The molecule has 0 amide bonds. The van der Waals surface area contributed by atoms with Crippen molar-refractivity contribution in [1.82, 2.24) is 3.97 Å². The quantitative estimate of drug-likeness (QED) is 0.557. The molecular formula is C20H31NO3SSi2. The third-order valence-corrected chi connectivity index (χ3v) is 10.8. The van der Waals surface area contributed by atoms with E-state index in [1.807, 2.05) is 36.4 Å². The van der Waals surface area contributed by atoms with E-state index >= 15 is 0 Å². The van der Waals surface area contributed by atoms with E-state index in [1.54, 1.807) is 28.2 Å². The maximum absolute atomic E-state index is 13.6. The molecule has 0 aliphatic rings. The summed E-state index contributed by atoms with van der Waals surface area (Å²) in [5, 5.41) is 0. The van der Waals surface area contributed by atoms with Crippen LogP contribution in [0.25, 0.3) is 0 Å². The zero-order valence-corrected chi connectivity index (χ0v) is 20.0. The minimum atomic E-state index is -3.64. The van der Waals surface area contributed by atoms with E-state index in [0.29, 0.717) is 11.5 Å². The number of rotatable bonds is 8. The molecule has 0 saturated carbocycles. The Labute approximate surface area is 166 Å². The maximum Gasteiger partial charge on any atom is 0.237 e. The Bertz CT molecular complexity index is 829. The lowest BCUT2D eigenvalue weighted by Crippen LogP contribution is -2.53. The molecule has 0 aliphatic heterocycles. The number of benzene rings is 2. The third kappa shape index (κ3) is 5.86. The average Bonchev–Trinajstić information content (AvgIpc) is 2.58. The van der Waals surface area contributed by atoms with Crippen molar-refractivity contribution in [2.75, 3.05) is 6.61 Å². The predicted octanol–water partition coefficient (Wildman–Crippen LogP) is 5.11. The van der Waals surface area contributed by atoms with Crippen LogP contribution in [0.1, 0.15) is 11.6 Å². The molecule has 148 valence electrons. The van der Waals surface area contributed by atoms with Crippen molar-refractivity contribution in [2.45, 2.75) is 50.2 Å². The number of sulfonamides is 1. The van der Waals surface area contributed by atoms with E-state index in [9.17, 15) is 8.42 Å². The van der Waals surface area contributed by atoms with Gasteiger partial charge in [0.2, 0.25) is 10.0 Å². The van der Waals surface area contributed by atoms with E-state index in [1.165, 1.54) is 0 Å². The summed E-state index contributed by atoms with van der Waals surface area (Å²) < 4.78 is 35.2. The van der Waals surface area contributed by atoms with Gasteiger partial charge in [-0.1, -0.05) is 68.2 Å². The zero-order chi connectivity index (χ0) is 20.3. The largest absolute Gasteiger partial charge is 0.416 e. The van der Waals surface area contributed by atoms with Crippen LogP contribution in [0.15, 0.2) is 65.6 Å². The van der Waals surface area contributed by atoms with Crippen molar-refractivity contribution in [3.05, 3.63) is 66.2 Å². The molecule has 2 aromatic carbocycles. The minimum Gasteiger partial charge on any atom is -0.416 e. The molecule has 0 radical (unpaired) electrons. The zero-order valence-electron chi connectivity index (χ0n) is 17.1. The average molecular weight is 422 g/mol. The van der Waals surface area contributed by atoms with Crippen LogP contribution in [0.5, 0.6) is 0 Å². The highest BCUT2D eigenvalue weighted by Crippen LogP contribution is 2.34.